The van der Waals surface area contributed by atoms with Crippen LogP contribution in [0.3, 0.4) is 0 Å². The highest BCUT2D eigenvalue weighted by atomic mass is 35.5. The first kappa shape index (κ1) is 14.0. The first-order valence-electron chi connectivity index (χ1n) is 6.13. The summed E-state index contributed by atoms with van der Waals surface area (Å²) < 4.78 is 4.59. The summed E-state index contributed by atoms with van der Waals surface area (Å²) in [4.78, 5) is 13.3. The van der Waals surface area contributed by atoms with E-state index in [4.69, 9.17) is 11.6 Å². The van der Waals surface area contributed by atoms with Gasteiger partial charge in [-0.05, 0) is 18.6 Å². The zero-order valence-corrected chi connectivity index (χ0v) is 11.5. The third-order valence-corrected chi connectivity index (χ3v) is 3.64. The number of nitrogens with zero attached hydrogens (tertiary/aromatic N) is 1. The average Bonchev–Trinajstić information content (AvgIpc) is 2.86. The number of hydrogen-bond acceptors (Lipinski definition) is 4. The fourth-order valence-electron chi connectivity index (χ4n) is 2.32. The maximum absolute atomic E-state index is 11.2. The number of alkyl carbamates (subject to hydrolysis) is 1. The van der Waals surface area contributed by atoms with Crippen LogP contribution in [0.25, 0.3) is 0 Å². The van der Waals surface area contributed by atoms with Gasteiger partial charge in [0, 0.05) is 29.4 Å². The normalized spacial score (nSPS) is 18.5. The molecule has 1 aromatic carbocycles. The number of hydrogen-bond donors (Lipinski definition) is 2. The molecule has 0 aliphatic carbocycles. The van der Waals surface area contributed by atoms with Crippen molar-refractivity contribution in [3.8, 4) is 0 Å². The Morgan fingerprint density at radius 2 is 2.42 bits per heavy atom. The molecule has 104 valence electrons. The molecule has 0 bridgehead atoms. The number of benzene rings is 1. The molecular formula is C13H17ClN2O3. The van der Waals surface area contributed by atoms with Crippen molar-refractivity contribution >= 4 is 23.4 Å². The molecule has 1 fully saturated rings. The van der Waals surface area contributed by atoms with E-state index >= 15 is 0 Å². The van der Waals surface area contributed by atoms with Crippen molar-refractivity contribution in [2.24, 2.45) is 0 Å². The molecule has 6 heteroatoms. The molecule has 2 N–H and O–H groups in total. The van der Waals surface area contributed by atoms with Crippen LogP contribution in [0.2, 0.25) is 5.02 Å². The SMILES string of the molecule is COC(=O)NC1CCN(c2cccc(Cl)c2CO)C1. The fourth-order valence-corrected chi connectivity index (χ4v) is 2.55. The van der Waals surface area contributed by atoms with Crippen molar-refractivity contribution in [3.05, 3.63) is 28.8 Å². The van der Waals surface area contributed by atoms with Gasteiger partial charge >= 0.3 is 6.09 Å². The summed E-state index contributed by atoms with van der Waals surface area (Å²) in [6, 6.07) is 5.60. The van der Waals surface area contributed by atoms with E-state index < -0.39 is 6.09 Å². The minimum absolute atomic E-state index is 0.0537. The lowest BCUT2D eigenvalue weighted by atomic mass is 10.1. The number of carbonyl (C=O) groups is 1. The maximum atomic E-state index is 11.2. The highest BCUT2D eigenvalue weighted by Crippen LogP contribution is 2.29. The number of carbonyl (C=O) groups excluding carboxylic acids is 1. The van der Waals surface area contributed by atoms with Gasteiger partial charge in [0.15, 0.2) is 0 Å². The lowest BCUT2D eigenvalue weighted by Crippen LogP contribution is -2.37. The zero-order chi connectivity index (χ0) is 13.8. The van der Waals surface area contributed by atoms with Gasteiger partial charge in [-0.15, -0.1) is 0 Å². The Balaban J connectivity index is 2.09. The Hall–Kier alpha value is -1.46. The van der Waals surface area contributed by atoms with Crippen molar-refractivity contribution in [2.45, 2.75) is 19.1 Å². The number of ether oxygens (including phenoxy) is 1. The molecule has 1 unspecified atom stereocenters. The molecule has 1 aliphatic heterocycles. The van der Waals surface area contributed by atoms with E-state index in [2.05, 4.69) is 15.0 Å². The van der Waals surface area contributed by atoms with E-state index in [1.54, 1.807) is 6.07 Å². The maximum Gasteiger partial charge on any atom is 0.407 e. The highest BCUT2D eigenvalue weighted by molar-refractivity contribution is 6.31. The van der Waals surface area contributed by atoms with E-state index in [0.717, 1.165) is 24.2 Å². The summed E-state index contributed by atoms with van der Waals surface area (Å²) in [5.74, 6) is 0. The minimum Gasteiger partial charge on any atom is -0.453 e. The number of rotatable bonds is 3. The monoisotopic (exact) mass is 284 g/mol. The van der Waals surface area contributed by atoms with Gasteiger partial charge in [0.05, 0.1) is 19.8 Å². The van der Waals surface area contributed by atoms with Crippen molar-refractivity contribution in [2.75, 3.05) is 25.1 Å². The molecular weight excluding hydrogens is 268 g/mol. The molecule has 0 aromatic heterocycles. The van der Waals surface area contributed by atoms with E-state index in [-0.39, 0.29) is 12.6 Å². The van der Waals surface area contributed by atoms with Gasteiger partial charge in [0.25, 0.3) is 0 Å². The number of nitrogens with one attached hydrogen (secondary N) is 1. The van der Waals surface area contributed by atoms with Crippen LogP contribution in [0.15, 0.2) is 18.2 Å². The molecule has 0 saturated carbocycles. The standard InChI is InChI=1S/C13H17ClN2O3/c1-19-13(18)15-9-5-6-16(7-9)12-4-2-3-11(14)10(12)8-17/h2-4,9,17H,5-8H2,1H3,(H,15,18). The van der Waals surface area contributed by atoms with Crippen LogP contribution in [0.1, 0.15) is 12.0 Å². The Morgan fingerprint density at radius 3 is 3.11 bits per heavy atom. The summed E-state index contributed by atoms with van der Waals surface area (Å²) >= 11 is 6.07. The van der Waals surface area contributed by atoms with E-state index in [9.17, 15) is 9.90 Å². The number of methoxy groups -OCH3 is 1. The summed E-state index contributed by atoms with van der Waals surface area (Å²) in [6.45, 7) is 1.39. The molecule has 5 nitrogen and oxygen atoms in total. The molecule has 0 spiro atoms. The summed E-state index contributed by atoms with van der Waals surface area (Å²) in [5, 5.41) is 12.7. The largest absolute Gasteiger partial charge is 0.453 e. The molecule has 1 saturated heterocycles. The second kappa shape index (κ2) is 6.12. The smallest absolute Gasteiger partial charge is 0.407 e. The second-order valence-corrected chi connectivity index (χ2v) is 4.87. The van der Waals surface area contributed by atoms with Gasteiger partial charge in [-0.25, -0.2) is 4.79 Å². The molecule has 1 heterocycles. The molecule has 1 aliphatic rings. The first-order chi connectivity index (χ1) is 9.15. The summed E-state index contributed by atoms with van der Waals surface area (Å²) in [5.41, 5.74) is 1.65. The fraction of sp³-hybridized carbons (Fsp3) is 0.462. The zero-order valence-electron chi connectivity index (χ0n) is 10.7. The lowest BCUT2D eigenvalue weighted by molar-refractivity contribution is 0.167. The Labute approximate surface area is 117 Å². The van der Waals surface area contributed by atoms with Crippen LogP contribution in [0.5, 0.6) is 0 Å². The van der Waals surface area contributed by atoms with Crippen molar-refractivity contribution in [1.29, 1.82) is 0 Å². The van der Waals surface area contributed by atoms with Crippen molar-refractivity contribution in [1.82, 2.24) is 5.32 Å². The van der Waals surface area contributed by atoms with Gasteiger partial charge in [-0.3, -0.25) is 0 Å². The third-order valence-electron chi connectivity index (χ3n) is 3.29. The van der Waals surface area contributed by atoms with Crippen LogP contribution in [0.4, 0.5) is 10.5 Å². The summed E-state index contributed by atoms with van der Waals surface area (Å²) in [7, 11) is 1.35. The lowest BCUT2D eigenvalue weighted by Gasteiger charge is -2.22. The predicted octanol–water partition coefficient (Wildman–Crippen LogP) is 1.77. The van der Waals surface area contributed by atoms with Crippen LogP contribution in [0, 0.1) is 0 Å². The second-order valence-electron chi connectivity index (χ2n) is 4.46. The molecule has 2 rings (SSSR count). The third kappa shape index (κ3) is 3.11. The van der Waals surface area contributed by atoms with Gasteiger partial charge in [-0.1, -0.05) is 17.7 Å². The molecule has 1 amide bonds. The molecule has 0 radical (unpaired) electrons. The van der Waals surface area contributed by atoms with E-state index in [0.29, 0.717) is 11.6 Å². The Kier molecular flexibility index (Phi) is 4.50. The Morgan fingerprint density at radius 1 is 1.63 bits per heavy atom. The minimum atomic E-state index is -0.416. The number of aliphatic hydroxyl groups excluding tert-OH is 1. The van der Waals surface area contributed by atoms with Crippen LogP contribution in [-0.4, -0.2) is 37.4 Å². The van der Waals surface area contributed by atoms with Gasteiger partial charge < -0.3 is 20.1 Å². The van der Waals surface area contributed by atoms with Gasteiger partial charge in [-0.2, -0.15) is 0 Å². The van der Waals surface area contributed by atoms with Gasteiger partial charge in [0.1, 0.15) is 0 Å². The van der Waals surface area contributed by atoms with E-state index in [1.165, 1.54) is 7.11 Å². The number of halogens is 1. The number of amides is 1. The van der Waals surface area contributed by atoms with Crippen molar-refractivity contribution in [3.63, 3.8) is 0 Å². The first-order valence-corrected chi connectivity index (χ1v) is 6.51. The quantitative estimate of drug-likeness (QED) is 0.888. The Bertz CT molecular complexity index is 467. The predicted molar refractivity (Wildman–Crippen MR) is 73.5 cm³/mol. The number of aliphatic hydroxyl groups is 1. The van der Waals surface area contributed by atoms with E-state index in [1.807, 2.05) is 12.1 Å². The summed E-state index contributed by atoms with van der Waals surface area (Å²) in [6.07, 6.45) is 0.423. The molecule has 1 atom stereocenters. The molecule has 19 heavy (non-hydrogen) atoms. The average molecular weight is 285 g/mol. The molecule has 1 aromatic rings. The topological polar surface area (TPSA) is 61.8 Å². The van der Waals surface area contributed by atoms with Crippen LogP contribution in [-0.2, 0) is 11.3 Å². The highest BCUT2D eigenvalue weighted by Gasteiger charge is 2.26. The number of anilines is 1. The van der Waals surface area contributed by atoms with Gasteiger partial charge in [0.2, 0.25) is 0 Å². The van der Waals surface area contributed by atoms with Crippen LogP contribution >= 0.6 is 11.6 Å². The van der Waals surface area contributed by atoms with Crippen molar-refractivity contribution < 1.29 is 14.6 Å². The van der Waals surface area contributed by atoms with Crippen LogP contribution < -0.4 is 10.2 Å².